The molecule has 0 bridgehead atoms. The van der Waals surface area contributed by atoms with Crippen LogP contribution in [-0.2, 0) is 22.5 Å². The maximum atomic E-state index is 12.5. The van der Waals surface area contributed by atoms with Gasteiger partial charge in [-0.05, 0) is 24.1 Å². The first-order chi connectivity index (χ1) is 14.7. The van der Waals surface area contributed by atoms with Gasteiger partial charge in [0.1, 0.15) is 0 Å². The number of benzene rings is 2. The number of ether oxygens (including phenoxy) is 1. The molecule has 1 aliphatic heterocycles. The third kappa shape index (κ3) is 5.67. The number of carbonyl (C=O) groups excluding carboxylic acids is 1. The van der Waals surface area contributed by atoms with Gasteiger partial charge in [-0.25, -0.2) is 4.98 Å². The average molecular weight is 442 g/mol. The van der Waals surface area contributed by atoms with Crippen LogP contribution < -0.4 is 5.32 Å². The van der Waals surface area contributed by atoms with E-state index in [4.69, 9.17) is 21.3 Å². The number of morpholine rings is 1. The van der Waals surface area contributed by atoms with E-state index in [0.717, 1.165) is 54.5 Å². The van der Waals surface area contributed by atoms with Gasteiger partial charge in [0.15, 0.2) is 5.13 Å². The number of halogens is 1. The zero-order valence-electron chi connectivity index (χ0n) is 16.6. The van der Waals surface area contributed by atoms with Crippen LogP contribution in [0.5, 0.6) is 0 Å². The summed E-state index contributed by atoms with van der Waals surface area (Å²) >= 11 is 7.48. The number of hydrogen-bond acceptors (Lipinski definition) is 5. The van der Waals surface area contributed by atoms with Crippen molar-refractivity contribution in [2.75, 3.05) is 31.6 Å². The van der Waals surface area contributed by atoms with Crippen molar-refractivity contribution in [1.29, 1.82) is 0 Å². The molecule has 0 unspecified atom stereocenters. The number of carbonyl (C=O) groups is 1. The fraction of sp³-hybridized carbons (Fsp3) is 0.304. The number of hydrogen-bond donors (Lipinski definition) is 1. The summed E-state index contributed by atoms with van der Waals surface area (Å²) in [5.41, 5.74) is 3.10. The van der Waals surface area contributed by atoms with Crippen LogP contribution in [0.1, 0.15) is 16.9 Å². The Morgan fingerprint density at radius 1 is 1.10 bits per heavy atom. The van der Waals surface area contributed by atoms with Gasteiger partial charge in [-0.1, -0.05) is 65.4 Å². The van der Waals surface area contributed by atoms with Crippen molar-refractivity contribution >= 4 is 34.0 Å². The van der Waals surface area contributed by atoms with E-state index in [1.54, 1.807) is 11.3 Å². The summed E-state index contributed by atoms with van der Waals surface area (Å²) in [7, 11) is 0. The van der Waals surface area contributed by atoms with Gasteiger partial charge in [-0.3, -0.25) is 9.69 Å². The maximum absolute atomic E-state index is 12.5. The standard InChI is InChI=1S/C23H24ClN3O2S/c24-19-9-6-17(7-10-19)8-11-21(28)25-23-26-22(18-4-2-1-3-5-18)20(30-23)16-27-12-14-29-15-13-27/h1-7,9-10H,8,11-16H2,(H,25,26,28). The minimum absolute atomic E-state index is 0.0313. The van der Waals surface area contributed by atoms with Gasteiger partial charge < -0.3 is 10.1 Å². The van der Waals surface area contributed by atoms with Gasteiger partial charge in [-0.2, -0.15) is 0 Å². The lowest BCUT2D eigenvalue weighted by atomic mass is 10.1. The molecule has 1 saturated heterocycles. The number of aromatic nitrogens is 1. The van der Waals surface area contributed by atoms with E-state index < -0.39 is 0 Å². The molecule has 0 spiro atoms. The van der Waals surface area contributed by atoms with E-state index in [9.17, 15) is 4.79 Å². The van der Waals surface area contributed by atoms with Gasteiger partial charge in [0.25, 0.3) is 0 Å². The molecule has 7 heteroatoms. The van der Waals surface area contributed by atoms with Crippen molar-refractivity contribution in [2.24, 2.45) is 0 Å². The maximum Gasteiger partial charge on any atom is 0.226 e. The molecule has 4 rings (SSSR count). The molecule has 2 aromatic carbocycles. The van der Waals surface area contributed by atoms with Crippen molar-refractivity contribution in [2.45, 2.75) is 19.4 Å². The highest BCUT2D eigenvalue weighted by atomic mass is 35.5. The Kier molecular flexibility index (Phi) is 7.12. The van der Waals surface area contributed by atoms with E-state index in [-0.39, 0.29) is 5.91 Å². The molecule has 1 amide bonds. The summed E-state index contributed by atoms with van der Waals surface area (Å²) in [5.74, 6) is -0.0313. The number of rotatable bonds is 7. The van der Waals surface area contributed by atoms with Crippen molar-refractivity contribution < 1.29 is 9.53 Å². The molecule has 1 aliphatic rings. The first kappa shape index (κ1) is 21.0. The summed E-state index contributed by atoms with van der Waals surface area (Å²) in [5, 5.41) is 4.34. The molecule has 0 atom stereocenters. The van der Waals surface area contributed by atoms with E-state index in [0.29, 0.717) is 23.0 Å². The summed E-state index contributed by atoms with van der Waals surface area (Å²) in [6.45, 7) is 4.15. The van der Waals surface area contributed by atoms with Crippen molar-refractivity contribution in [3.05, 3.63) is 70.1 Å². The Bertz CT molecular complexity index is 970. The lowest BCUT2D eigenvalue weighted by Crippen LogP contribution is -2.35. The number of thiazole rings is 1. The second-order valence-electron chi connectivity index (χ2n) is 7.22. The van der Waals surface area contributed by atoms with Crippen LogP contribution >= 0.6 is 22.9 Å². The van der Waals surface area contributed by atoms with Crippen molar-refractivity contribution in [3.8, 4) is 11.3 Å². The SMILES string of the molecule is O=C(CCc1ccc(Cl)cc1)Nc1nc(-c2ccccc2)c(CN2CCOCC2)s1. The van der Waals surface area contributed by atoms with Crippen LogP contribution in [0.25, 0.3) is 11.3 Å². The molecule has 156 valence electrons. The minimum atomic E-state index is -0.0313. The van der Waals surface area contributed by atoms with E-state index in [2.05, 4.69) is 22.3 Å². The Morgan fingerprint density at radius 2 is 1.83 bits per heavy atom. The second kappa shape index (κ2) is 10.2. The van der Waals surface area contributed by atoms with Gasteiger partial charge in [0.2, 0.25) is 5.91 Å². The first-order valence-corrected chi connectivity index (χ1v) is 11.3. The predicted octanol–water partition coefficient (Wildman–Crippen LogP) is 4.87. The summed E-state index contributed by atoms with van der Waals surface area (Å²) in [4.78, 5) is 20.8. The summed E-state index contributed by atoms with van der Waals surface area (Å²) in [6.07, 6.45) is 1.07. The summed E-state index contributed by atoms with van der Waals surface area (Å²) < 4.78 is 5.46. The molecule has 0 radical (unpaired) electrons. The zero-order chi connectivity index (χ0) is 20.8. The van der Waals surface area contributed by atoms with Crippen LogP contribution in [-0.4, -0.2) is 42.1 Å². The zero-order valence-corrected chi connectivity index (χ0v) is 18.2. The smallest absolute Gasteiger partial charge is 0.226 e. The quantitative estimate of drug-likeness (QED) is 0.568. The highest BCUT2D eigenvalue weighted by Crippen LogP contribution is 2.32. The van der Waals surface area contributed by atoms with Crippen molar-refractivity contribution in [1.82, 2.24) is 9.88 Å². The van der Waals surface area contributed by atoms with E-state index >= 15 is 0 Å². The number of nitrogens with zero attached hydrogens (tertiary/aromatic N) is 2. The highest BCUT2D eigenvalue weighted by molar-refractivity contribution is 7.16. The predicted molar refractivity (Wildman–Crippen MR) is 122 cm³/mol. The molecule has 1 aromatic heterocycles. The fourth-order valence-corrected chi connectivity index (χ4v) is 4.56. The van der Waals surface area contributed by atoms with Crippen LogP contribution in [0, 0.1) is 0 Å². The molecular formula is C23H24ClN3O2S. The lowest BCUT2D eigenvalue weighted by molar-refractivity contribution is -0.116. The van der Waals surface area contributed by atoms with Gasteiger partial charge in [0.05, 0.1) is 18.9 Å². The Balaban J connectivity index is 1.45. The normalized spacial score (nSPS) is 14.6. The van der Waals surface area contributed by atoms with Gasteiger partial charge in [-0.15, -0.1) is 0 Å². The monoisotopic (exact) mass is 441 g/mol. The third-order valence-corrected chi connectivity index (χ3v) is 6.22. The molecule has 30 heavy (non-hydrogen) atoms. The topological polar surface area (TPSA) is 54.5 Å². The molecule has 5 nitrogen and oxygen atoms in total. The largest absolute Gasteiger partial charge is 0.379 e. The Morgan fingerprint density at radius 3 is 2.57 bits per heavy atom. The van der Waals surface area contributed by atoms with E-state index in [1.165, 1.54) is 0 Å². The Labute approximate surface area is 185 Å². The molecular weight excluding hydrogens is 418 g/mol. The number of nitrogens with one attached hydrogen (secondary N) is 1. The van der Waals surface area contributed by atoms with Crippen molar-refractivity contribution in [3.63, 3.8) is 0 Å². The number of aryl methyl sites for hydroxylation is 1. The molecule has 0 aliphatic carbocycles. The Hall–Kier alpha value is -2.25. The number of anilines is 1. The fourth-order valence-electron chi connectivity index (χ4n) is 3.39. The molecule has 1 N–H and O–H groups in total. The molecule has 3 aromatic rings. The first-order valence-electron chi connectivity index (χ1n) is 10.1. The van der Waals surface area contributed by atoms with Crippen LogP contribution in [0.15, 0.2) is 54.6 Å². The highest BCUT2D eigenvalue weighted by Gasteiger charge is 2.19. The van der Waals surface area contributed by atoms with E-state index in [1.807, 2.05) is 42.5 Å². The van der Waals surface area contributed by atoms with Crippen LogP contribution in [0.2, 0.25) is 5.02 Å². The lowest BCUT2D eigenvalue weighted by Gasteiger charge is -2.26. The third-order valence-electron chi connectivity index (χ3n) is 5.02. The van der Waals surface area contributed by atoms with Gasteiger partial charge in [0, 0.05) is 41.5 Å². The molecule has 0 saturated carbocycles. The van der Waals surface area contributed by atoms with Gasteiger partial charge >= 0.3 is 0 Å². The molecule has 2 heterocycles. The molecule has 1 fully saturated rings. The number of amides is 1. The van der Waals surface area contributed by atoms with Crippen LogP contribution in [0.4, 0.5) is 5.13 Å². The minimum Gasteiger partial charge on any atom is -0.379 e. The summed E-state index contributed by atoms with van der Waals surface area (Å²) in [6, 6.07) is 17.7. The second-order valence-corrected chi connectivity index (χ2v) is 8.74. The average Bonchev–Trinajstić information content (AvgIpc) is 3.16. The van der Waals surface area contributed by atoms with Crippen LogP contribution in [0.3, 0.4) is 0 Å².